The van der Waals surface area contributed by atoms with Gasteiger partial charge in [-0.3, -0.25) is 4.79 Å². The lowest BCUT2D eigenvalue weighted by molar-refractivity contribution is -0.277. The molecule has 1 fully saturated rings. The number of rotatable bonds is 6. The average molecular weight is 402 g/mol. The number of benzene rings is 2. The molecule has 5 atom stereocenters. The van der Waals surface area contributed by atoms with Gasteiger partial charge in [0, 0.05) is 0 Å². The topological polar surface area (TPSA) is 137 Å². The number of aliphatic hydroxyl groups excluding tert-OH is 4. The van der Waals surface area contributed by atoms with Crippen LogP contribution < -0.4 is 4.74 Å². The molecule has 0 bridgehead atoms. The highest BCUT2D eigenvalue weighted by atomic mass is 16.7. The van der Waals surface area contributed by atoms with E-state index in [0.29, 0.717) is 11.3 Å². The first-order chi connectivity index (χ1) is 13.9. The Kier molecular flexibility index (Phi) is 6.63. The number of para-hydroxylation sites is 1. The van der Waals surface area contributed by atoms with Crippen LogP contribution in [0.1, 0.15) is 15.9 Å². The van der Waals surface area contributed by atoms with Crippen molar-refractivity contribution in [1.29, 1.82) is 0 Å². The number of ether oxygens (including phenoxy) is 2. The van der Waals surface area contributed by atoms with Gasteiger partial charge in [-0.2, -0.15) is 0 Å². The highest BCUT2D eigenvalue weighted by Crippen LogP contribution is 2.25. The minimum atomic E-state index is -1.52. The molecule has 1 aliphatic rings. The van der Waals surface area contributed by atoms with Gasteiger partial charge in [0.2, 0.25) is 6.29 Å². The molecule has 0 aliphatic carbocycles. The molecule has 1 heterocycles. The highest BCUT2D eigenvalue weighted by molar-refractivity contribution is 6.08. The number of ketones is 1. The van der Waals surface area contributed by atoms with Crippen molar-refractivity contribution in [3.8, 4) is 11.5 Å². The van der Waals surface area contributed by atoms with Crippen molar-refractivity contribution in [1.82, 2.24) is 0 Å². The SMILES string of the molecule is O=C(C=Cc1ccc(OC2OC(CO)C(O)C(O)C2O)cc1)c1ccccc1O. The molecule has 0 amide bonds. The van der Waals surface area contributed by atoms with Gasteiger partial charge in [0.1, 0.15) is 35.9 Å². The van der Waals surface area contributed by atoms with E-state index in [4.69, 9.17) is 9.47 Å². The van der Waals surface area contributed by atoms with Crippen LogP contribution in [0.5, 0.6) is 11.5 Å². The molecular weight excluding hydrogens is 380 g/mol. The summed E-state index contributed by atoms with van der Waals surface area (Å²) in [5.74, 6) is -0.117. The van der Waals surface area contributed by atoms with E-state index in [1.165, 1.54) is 18.2 Å². The number of carbonyl (C=O) groups is 1. The van der Waals surface area contributed by atoms with E-state index < -0.39 is 37.3 Å². The standard InChI is InChI=1S/C21H22O8/c22-11-17-18(25)19(26)20(27)21(29-17)28-13-8-5-12(6-9-13)7-10-16(24)14-3-1-2-4-15(14)23/h1-10,17-23,25-27H,11H2. The Morgan fingerprint density at radius 2 is 1.69 bits per heavy atom. The maximum absolute atomic E-state index is 12.1. The zero-order valence-electron chi connectivity index (χ0n) is 15.3. The summed E-state index contributed by atoms with van der Waals surface area (Å²) >= 11 is 0. The summed E-state index contributed by atoms with van der Waals surface area (Å²) in [7, 11) is 0. The van der Waals surface area contributed by atoms with Gasteiger partial charge in [-0.1, -0.05) is 30.3 Å². The van der Waals surface area contributed by atoms with Crippen LogP contribution in [0, 0.1) is 0 Å². The van der Waals surface area contributed by atoms with Crippen molar-refractivity contribution in [3.63, 3.8) is 0 Å². The quantitative estimate of drug-likeness (QED) is 0.347. The van der Waals surface area contributed by atoms with Crippen LogP contribution in [0.25, 0.3) is 6.08 Å². The van der Waals surface area contributed by atoms with Gasteiger partial charge in [-0.25, -0.2) is 0 Å². The Hall–Kier alpha value is -2.75. The molecule has 154 valence electrons. The van der Waals surface area contributed by atoms with Crippen molar-refractivity contribution in [2.75, 3.05) is 6.61 Å². The molecule has 5 N–H and O–H groups in total. The summed E-state index contributed by atoms with van der Waals surface area (Å²) in [6, 6.07) is 12.7. The summed E-state index contributed by atoms with van der Waals surface area (Å²) in [6.45, 7) is -0.542. The minimum absolute atomic E-state index is 0.0922. The second kappa shape index (κ2) is 9.17. The van der Waals surface area contributed by atoms with Crippen LogP contribution in [-0.4, -0.2) is 68.6 Å². The Morgan fingerprint density at radius 1 is 1.00 bits per heavy atom. The van der Waals surface area contributed by atoms with Gasteiger partial charge >= 0.3 is 0 Å². The van der Waals surface area contributed by atoms with Gasteiger partial charge in [0.25, 0.3) is 0 Å². The third-order valence-electron chi connectivity index (χ3n) is 4.58. The van der Waals surface area contributed by atoms with E-state index >= 15 is 0 Å². The smallest absolute Gasteiger partial charge is 0.229 e. The van der Waals surface area contributed by atoms with Crippen molar-refractivity contribution in [3.05, 3.63) is 65.7 Å². The summed E-state index contributed by atoms with van der Waals surface area (Å²) in [6.07, 6.45) is -3.88. The Morgan fingerprint density at radius 3 is 2.34 bits per heavy atom. The van der Waals surface area contributed by atoms with Crippen molar-refractivity contribution in [2.45, 2.75) is 30.7 Å². The number of aliphatic hydroxyl groups is 4. The lowest BCUT2D eigenvalue weighted by Gasteiger charge is -2.39. The molecule has 0 spiro atoms. The summed E-state index contributed by atoms with van der Waals surface area (Å²) in [5, 5.41) is 48.5. The number of allylic oxidation sites excluding steroid dienone is 1. The first-order valence-electron chi connectivity index (χ1n) is 8.98. The largest absolute Gasteiger partial charge is 0.507 e. The molecule has 5 unspecified atom stereocenters. The molecule has 2 aromatic carbocycles. The molecule has 0 saturated carbocycles. The third-order valence-corrected chi connectivity index (χ3v) is 4.58. The summed E-state index contributed by atoms with van der Waals surface area (Å²) < 4.78 is 10.8. The van der Waals surface area contributed by atoms with E-state index in [9.17, 15) is 30.3 Å². The van der Waals surface area contributed by atoms with E-state index in [1.807, 2.05) is 0 Å². The zero-order valence-corrected chi connectivity index (χ0v) is 15.3. The van der Waals surface area contributed by atoms with Crippen LogP contribution in [0.3, 0.4) is 0 Å². The van der Waals surface area contributed by atoms with Crippen LogP contribution in [0.2, 0.25) is 0 Å². The monoisotopic (exact) mass is 402 g/mol. The number of carbonyl (C=O) groups excluding carboxylic acids is 1. The fourth-order valence-corrected chi connectivity index (χ4v) is 2.90. The molecule has 0 radical (unpaired) electrons. The van der Waals surface area contributed by atoms with Gasteiger partial charge in [0.15, 0.2) is 5.78 Å². The van der Waals surface area contributed by atoms with Crippen molar-refractivity contribution >= 4 is 11.9 Å². The average Bonchev–Trinajstić information content (AvgIpc) is 2.73. The first-order valence-corrected chi connectivity index (χ1v) is 8.98. The molecular formula is C21H22O8. The van der Waals surface area contributed by atoms with Gasteiger partial charge in [-0.05, 0) is 35.9 Å². The lowest BCUT2D eigenvalue weighted by atomic mass is 9.99. The van der Waals surface area contributed by atoms with Gasteiger partial charge in [0.05, 0.1) is 12.2 Å². The number of hydrogen-bond acceptors (Lipinski definition) is 8. The van der Waals surface area contributed by atoms with Gasteiger partial charge < -0.3 is 35.0 Å². The molecule has 8 nitrogen and oxygen atoms in total. The van der Waals surface area contributed by atoms with Crippen LogP contribution >= 0.6 is 0 Å². The normalized spacial score (nSPS) is 27.1. The van der Waals surface area contributed by atoms with Gasteiger partial charge in [-0.15, -0.1) is 0 Å². The Balaban J connectivity index is 1.64. The number of phenols is 1. The molecule has 8 heteroatoms. The second-order valence-electron chi connectivity index (χ2n) is 6.60. The number of hydrogen-bond donors (Lipinski definition) is 5. The van der Waals surface area contributed by atoms with Crippen molar-refractivity contribution < 1.29 is 39.8 Å². The lowest BCUT2D eigenvalue weighted by Crippen LogP contribution is -2.60. The predicted octanol–water partition coefficient (Wildman–Crippen LogP) is 0.467. The molecule has 3 rings (SSSR count). The summed E-state index contributed by atoms with van der Waals surface area (Å²) in [4.78, 5) is 12.1. The van der Waals surface area contributed by atoms with E-state index in [2.05, 4.69) is 0 Å². The third kappa shape index (κ3) is 4.81. The number of aromatic hydroxyl groups is 1. The Bertz CT molecular complexity index is 861. The van der Waals surface area contributed by atoms with E-state index in [-0.39, 0.29) is 17.1 Å². The predicted molar refractivity (Wildman–Crippen MR) is 102 cm³/mol. The molecule has 1 saturated heterocycles. The summed E-state index contributed by atoms with van der Waals surface area (Å²) in [5.41, 5.74) is 0.890. The molecule has 2 aromatic rings. The molecule has 0 aromatic heterocycles. The fraction of sp³-hybridized carbons (Fsp3) is 0.286. The fourth-order valence-electron chi connectivity index (χ4n) is 2.90. The van der Waals surface area contributed by atoms with Crippen molar-refractivity contribution in [2.24, 2.45) is 0 Å². The Labute approximate surface area is 166 Å². The van der Waals surface area contributed by atoms with E-state index in [1.54, 1.807) is 42.5 Å². The maximum Gasteiger partial charge on any atom is 0.229 e. The van der Waals surface area contributed by atoms with Crippen LogP contribution in [0.15, 0.2) is 54.6 Å². The highest BCUT2D eigenvalue weighted by Gasteiger charge is 2.44. The van der Waals surface area contributed by atoms with Crippen LogP contribution in [-0.2, 0) is 4.74 Å². The second-order valence-corrected chi connectivity index (χ2v) is 6.60. The van der Waals surface area contributed by atoms with E-state index in [0.717, 1.165) is 0 Å². The number of phenolic OH excluding ortho intramolecular Hbond substituents is 1. The minimum Gasteiger partial charge on any atom is -0.507 e. The first kappa shape index (κ1) is 21.0. The molecule has 1 aliphatic heterocycles. The molecule has 29 heavy (non-hydrogen) atoms. The zero-order chi connectivity index (χ0) is 21.0. The van der Waals surface area contributed by atoms with Crippen LogP contribution in [0.4, 0.5) is 0 Å². The maximum atomic E-state index is 12.1.